The van der Waals surface area contributed by atoms with Gasteiger partial charge in [-0.25, -0.2) is 8.42 Å². The number of benzene rings is 1. The lowest BCUT2D eigenvalue weighted by Gasteiger charge is -2.41. The van der Waals surface area contributed by atoms with Crippen molar-refractivity contribution in [2.75, 3.05) is 24.5 Å². The van der Waals surface area contributed by atoms with Gasteiger partial charge in [0.2, 0.25) is 15.9 Å². The van der Waals surface area contributed by atoms with Crippen LogP contribution in [0.25, 0.3) is 0 Å². The van der Waals surface area contributed by atoms with Gasteiger partial charge in [-0.05, 0) is 42.5 Å². The highest BCUT2D eigenvalue weighted by Gasteiger charge is 2.38. The third kappa shape index (κ3) is 3.08. The molecule has 2 N–H and O–H groups in total. The zero-order chi connectivity index (χ0) is 17.5. The lowest BCUT2D eigenvalue weighted by Crippen LogP contribution is -2.53. The van der Waals surface area contributed by atoms with Crippen molar-refractivity contribution in [3.63, 3.8) is 0 Å². The highest BCUT2D eigenvalue weighted by Crippen LogP contribution is 2.32. The number of sulfonamides is 1. The van der Waals surface area contributed by atoms with Gasteiger partial charge in [0.15, 0.2) is 0 Å². The number of hydrogen-bond acceptors (Lipinski definition) is 4. The highest BCUT2D eigenvalue weighted by molar-refractivity contribution is 7.89. The molecule has 0 aliphatic carbocycles. The zero-order valence-electron chi connectivity index (χ0n) is 14.2. The van der Waals surface area contributed by atoms with Crippen LogP contribution >= 0.6 is 0 Å². The lowest BCUT2D eigenvalue weighted by atomic mass is 9.81. The Morgan fingerprint density at radius 3 is 2.38 bits per heavy atom. The molecule has 1 amide bonds. The smallest absolute Gasteiger partial charge is 0.243 e. The summed E-state index contributed by atoms with van der Waals surface area (Å²) in [5.41, 5.74) is 6.62. The fraction of sp³-hybridized carbons (Fsp3) is 0.588. The van der Waals surface area contributed by atoms with Gasteiger partial charge >= 0.3 is 0 Å². The first-order valence-corrected chi connectivity index (χ1v) is 9.82. The SMILES string of the molecule is CC1(C)CN(S(=O)(=O)c2ccc(N3CCCC3=O)cc2)CCC1N. The number of carbonyl (C=O) groups is 1. The molecule has 2 aliphatic heterocycles. The predicted octanol–water partition coefficient (Wildman–Crippen LogP) is 1.56. The van der Waals surface area contributed by atoms with Gasteiger partial charge in [0.05, 0.1) is 4.90 Å². The van der Waals surface area contributed by atoms with Crippen molar-refractivity contribution >= 4 is 21.6 Å². The molecule has 0 saturated carbocycles. The van der Waals surface area contributed by atoms with E-state index < -0.39 is 10.0 Å². The summed E-state index contributed by atoms with van der Waals surface area (Å²) >= 11 is 0. The van der Waals surface area contributed by atoms with Crippen LogP contribution in [-0.4, -0.2) is 44.3 Å². The molecule has 2 aliphatic rings. The minimum absolute atomic E-state index is 0.00695. The minimum Gasteiger partial charge on any atom is -0.327 e. The number of anilines is 1. The molecule has 0 aromatic heterocycles. The molecule has 7 heteroatoms. The Kier molecular flexibility index (Phi) is 4.44. The van der Waals surface area contributed by atoms with Crippen molar-refractivity contribution in [1.82, 2.24) is 4.31 Å². The second-order valence-electron chi connectivity index (χ2n) is 7.37. The van der Waals surface area contributed by atoms with Crippen molar-refractivity contribution in [2.45, 2.75) is 44.0 Å². The van der Waals surface area contributed by atoms with Crippen LogP contribution in [0.15, 0.2) is 29.2 Å². The van der Waals surface area contributed by atoms with Gasteiger partial charge in [-0.1, -0.05) is 13.8 Å². The summed E-state index contributed by atoms with van der Waals surface area (Å²) in [7, 11) is -3.54. The number of piperidine rings is 1. The Morgan fingerprint density at radius 2 is 1.83 bits per heavy atom. The number of carbonyl (C=O) groups excluding carboxylic acids is 1. The molecular weight excluding hydrogens is 326 g/mol. The van der Waals surface area contributed by atoms with Gasteiger partial charge < -0.3 is 10.6 Å². The molecule has 1 aromatic rings. The summed E-state index contributed by atoms with van der Waals surface area (Å²) < 4.78 is 27.3. The molecule has 1 unspecified atom stereocenters. The second kappa shape index (κ2) is 6.13. The quantitative estimate of drug-likeness (QED) is 0.896. The summed E-state index contributed by atoms with van der Waals surface area (Å²) in [6.07, 6.45) is 2.07. The minimum atomic E-state index is -3.54. The second-order valence-corrected chi connectivity index (χ2v) is 9.30. The van der Waals surface area contributed by atoms with Crippen LogP contribution in [-0.2, 0) is 14.8 Å². The molecule has 0 spiro atoms. The zero-order valence-corrected chi connectivity index (χ0v) is 15.1. The standard InChI is InChI=1S/C17H25N3O3S/c1-17(2)12-19(11-9-15(17)18)24(22,23)14-7-5-13(6-8-14)20-10-3-4-16(20)21/h5-8,15H,3-4,9-12,18H2,1-2H3. The lowest BCUT2D eigenvalue weighted by molar-refractivity contribution is -0.117. The highest BCUT2D eigenvalue weighted by atomic mass is 32.2. The van der Waals surface area contributed by atoms with E-state index >= 15 is 0 Å². The van der Waals surface area contributed by atoms with Crippen LogP contribution < -0.4 is 10.6 Å². The van der Waals surface area contributed by atoms with E-state index in [9.17, 15) is 13.2 Å². The molecule has 3 rings (SSSR count). The largest absolute Gasteiger partial charge is 0.327 e. The van der Waals surface area contributed by atoms with E-state index in [4.69, 9.17) is 5.73 Å². The number of amides is 1. The van der Waals surface area contributed by atoms with E-state index in [0.29, 0.717) is 32.5 Å². The van der Waals surface area contributed by atoms with E-state index in [1.54, 1.807) is 29.2 Å². The number of nitrogens with zero attached hydrogens (tertiary/aromatic N) is 2. The summed E-state index contributed by atoms with van der Waals surface area (Å²) in [6.45, 7) is 5.56. The molecule has 0 radical (unpaired) electrons. The first-order chi connectivity index (χ1) is 11.2. The summed E-state index contributed by atoms with van der Waals surface area (Å²) in [5, 5.41) is 0. The third-order valence-electron chi connectivity index (χ3n) is 5.14. The van der Waals surface area contributed by atoms with Gasteiger partial charge in [0, 0.05) is 37.8 Å². The normalized spacial score (nSPS) is 25.2. The maximum atomic E-state index is 12.9. The average molecular weight is 351 g/mol. The monoisotopic (exact) mass is 351 g/mol. The van der Waals surface area contributed by atoms with Crippen LogP contribution in [0, 0.1) is 5.41 Å². The van der Waals surface area contributed by atoms with Crippen LogP contribution in [0.4, 0.5) is 5.69 Å². The molecule has 0 bridgehead atoms. The van der Waals surface area contributed by atoms with E-state index in [2.05, 4.69) is 0 Å². The Labute approximate surface area is 143 Å². The number of rotatable bonds is 3. The maximum absolute atomic E-state index is 12.9. The summed E-state index contributed by atoms with van der Waals surface area (Å²) in [6, 6.07) is 6.64. The molecule has 2 saturated heterocycles. The predicted molar refractivity (Wildman–Crippen MR) is 93.2 cm³/mol. The van der Waals surface area contributed by atoms with Gasteiger partial charge in [0.25, 0.3) is 0 Å². The third-order valence-corrected chi connectivity index (χ3v) is 7.00. The number of nitrogens with two attached hydrogens (primary N) is 1. The van der Waals surface area contributed by atoms with Crippen molar-refractivity contribution in [2.24, 2.45) is 11.1 Å². The van der Waals surface area contributed by atoms with Gasteiger partial charge in [-0.15, -0.1) is 0 Å². The molecular formula is C17H25N3O3S. The van der Waals surface area contributed by atoms with Gasteiger partial charge in [-0.3, -0.25) is 4.79 Å². The fourth-order valence-electron chi connectivity index (χ4n) is 3.40. The van der Waals surface area contributed by atoms with E-state index in [0.717, 1.165) is 12.1 Å². The first-order valence-electron chi connectivity index (χ1n) is 8.38. The van der Waals surface area contributed by atoms with Crippen molar-refractivity contribution < 1.29 is 13.2 Å². The van der Waals surface area contributed by atoms with Crippen molar-refractivity contribution in [3.8, 4) is 0 Å². The fourth-order valence-corrected chi connectivity index (χ4v) is 5.02. The summed E-state index contributed by atoms with van der Waals surface area (Å²) in [4.78, 5) is 13.8. The Bertz CT molecular complexity index is 728. The molecule has 132 valence electrons. The first kappa shape index (κ1) is 17.4. The van der Waals surface area contributed by atoms with E-state index in [1.807, 2.05) is 13.8 Å². The van der Waals surface area contributed by atoms with Gasteiger partial charge in [0.1, 0.15) is 0 Å². The molecule has 6 nitrogen and oxygen atoms in total. The van der Waals surface area contributed by atoms with Crippen LogP contribution in [0.5, 0.6) is 0 Å². The molecule has 24 heavy (non-hydrogen) atoms. The number of hydrogen-bond donors (Lipinski definition) is 1. The van der Waals surface area contributed by atoms with E-state index in [1.165, 1.54) is 4.31 Å². The molecule has 1 atom stereocenters. The van der Waals surface area contributed by atoms with Crippen LogP contribution in [0.3, 0.4) is 0 Å². The summed E-state index contributed by atoms with van der Waals surface area (Å²) in [5.74, 6) is 0.0948. The van der Waals surface area contributed by atoms with E-state index in [-0.39, 0.29) is 22.3 Å². The molecule has 1 aromatic carbocycles. The van der Waals surface area contributed by atoms with Crippen molar-refractivity contribution in [3.05, 3.63) is 24.3 Å². The van der Waals surface area contributed by atoms with Gasteiger partial charge in [-0.2, -0.15) is 4.31 Å². The maximum Gasteiger partial charge on any atom is 0.243 e. The molecule has 2 heterocycles. The Morgan fingerprint density at radius 1 is 1.17 bits per heavy atom. The topological polar surface area (TPSA) is 83.7 Å². The Balaban J connectivity index is 1.81. The molecule has 2 fully saturated rings. The van der Waals surface area contributed by atoms with Crippen LogP contribution in [0.1, 0.15) is 33.1 Å². The average Bonchev–Trinajstić information content (AvgIpc) is 2.96. The Hall–Kier alpha value is -1.44. The van der Waals surface area contributed by atoms with Crippen molar-refractivity contribution in [1.29, 1.82) is 0 Å². The van der Waals surface area contributed by atoms with Crippen LogP contribution in [0.2, 0.25) is 0 Å².